The first-order valence-corrected chi connectivity index (χ1v) is 7.28. The Labute approximate surface area is 129 Å². The predicted octanol–water partition coefficient (Wildman–Crippen LogP) is 1.46. The molecule has 1 N–H and O–H groups in total. The number of carbonyl (C=O) groups is 2. The molecule has 2 aliphatic rings. The molecule has 1 aromatic rings. The molecule has 118 valence electrons. The number of aromatic hydroxyl groups is 1. The maximum absolute atomic E-state index is 12.5. The number of phenolic OH excluding ortho intramolecular Hbond substituents is 1. The molecular weight excluding hydrogens is 284 g/mol. The molecule has 3 unspecified atom stereocenters. The third-order valence-corrected chi connectivity index (χ3v) is 4.23. The second-order valence-electron chi connectivity index (χ2n) is 6.82. The van der Waals surface area contributed by atoms with E-state index in [4.69, 9.17) is 4.84 Å². The maximum Gasteiger partial charge on any atom is 0.261 e. The lowest BCUT2D eigenvalue weighted by atomic mass is 9.89. The van der Waals surface area contributed by atoms with Crippen LogP contribution in [0.3, 0.4) is 0 Å². The highest BCUT2D eigenvalue weighted by atomic mass is 16.7. The Hall–Kier alpha value is -1.92. The summed E-state index contributed by atoms with van der Waals surface area (Å²) >= 11 is 0. The number of likely N-dealkylation sites (tertiary alicyclic amines) is 1. The molecule has 22 heavy (non-hydrogen) atoms. The van der Waals surface area contributed by atoms with Gasteiger partial charge < -0.3 is 5.11 Å². The van der Waals surface area contributed by atoms with Crippen LogP contribution < -0.4 is 0 Å². The zero-order valence-electron chi connectivity index (χ0n) is 13.1. The number of amides is 2. The van der Waals surface area contributed by atoms with Gasteiger partial charge in [-0.15, -0.1) is 0 Å². The number of likely N-dealkylation sites (N-methyl/N-ethyl adjacent to an activating group) is 1. The minimum Gasteiger partial charge on any atom is -0.508 e. The number of carbonyl (C=O) groups excluding carboxylic acids is 2. The zero-order chi connectivity index (χ0) is 16.2. The van der Waals surface area contributed by atoms with Gasteiger partial charge in [0.2, 0.25) is 5.91 Å². The van der Waals surface area contributed by atoms with Crippen molar-refractivity contribution in [1.29, 1.82) is 0 Å². The molecule has 0 radical (unpaired) electrons. The van der Waals surface area contributed by atoms with E-state index in [-0.39, 0.29) is 29.1 Å². The Morgan fingerprint density at radius 1 is 1.09 bits per heavy atom. The van der Waals surface area contributed by atoms with Crippen LogP contribution in [-0.4, -0.2) is 45.6 Å². The SMILES string of the molecule is CN1C(=O)C2ON(C(C)(C)C)C(c3ccc(O)cc3)C2C1=O. The summed E-state index contributed by atoms with van der Waals surface area (Å²) in [4.78, 5) is 31.7. The number of benzene rings is 1. The van der Waals surface area contributed by atoms with Gasteiger partial charge in [-0.1, -0.05) is 12.1 Å². The number of imide groups is 1. The molecule has 2 amide bonds. The summed E-state index contributed by atoms with van der Waals surface area (Å²) in [6.07, 6.45) is -0.768. The van der Waals surface area contributed by atoms with E-state index < -0.39 is 12.0 Å². The van der Waals surface area contributed by atoms with E-state index in [0.717, 1.165) is 10.5 Å². The molecule has 0 aromatic heterocycles. The van der Waals surface area contributed by atoms with Gasteiger partial charge in [-0.2, -0.15) is 5.06 Å². The fourth-order valence-corrected chi connectivity index (χ4v) is 3.14. The Kier molecular flexibility index (Phi) is 3.27. The van der Waals surface area contributed by atoms with Crippen molar-refractivity contribution in [2.24, 2.45) is 5.92 Å². The Morgan fingerprint density at radius 2 is 1.68 bits per heavy atom. The van der Waals surface area contributed by atoms with Crippen LogP contribution in [0.2, 0.25) is 0 Å². The Bertz CT molecular complexity index is 620. The van der Waals surface area contributed by atoms with E-state index >= 15 is 0 Å². The van der Waals surface area contributed by atoms with Gasteiger partial charge in [0.25, 0.3) is 5.91 Å². The number of rotatable bonds is 1. The van der Waals surface area contributed by atoms with Crippen LogP contribution in [0, 0.1) is 5.92 Å². The van der Waals surface area contributed by atoms with E-state index in [2.05, 4.69) is 0 Å². The van der Waals surface area contributed by atoms with Crippen LogP contribution >= 0.6 is 0 Å². The normalized spacial score (nSPS) is 29.3. The van der Waals surface area contributed by atoms with Crippen LogP contribution in [0.1, 0.15) is 32.4 Å². The molecule has 2 fully saturated rings. The second kappa shape index (κ2) is 4.79. The first-order chi connectivity index (χ1) is 10.2. The molecule has 6 heteroatoms. The third kappa shape index (κ3) is 2.10. The molecule has 6 nitrogen and oxygen atoms in total. The molecule has 2 aliphatic heterocycles. The summed E-state index contributed by atoms with van der Waals surface area (Å²) in [5.74, 6) is -0.918. The highest BCUT2D eigenvalue weighted by molar-refractivity contribution is 6.07. The van der Waals surface area contributed by atoms with Crippen molar-refractivity contribution in [3.8, 4) is 5.75 Å². The van der Waals surface area contributed by atoms with Gasteiger partial charge in [-0.05, 0) is 38.5 Å². The predicted molar refractivity (Wildman–Crippen MR) is 78.6 cm³/mol. The lowest BCUT2D eigenvalue weighted by molar-refractivity contribution is -0.215. The first-order valence-electron chi connectivity index (χ1n) is 7.28. The van der Waals surface area contributed by atoms with E-state index in [1.807, 2.05) is 20.8 Å². The average molecular weight is 304 g/mol. The van der Waals surface area contributed by atoms with Crippen molar-refractivity contribution in [2.45, 2.75) is 38.5 Å². The summed E-state index contributed by atoms with van der Waals surface area (Å²) in [7, 11) is 1.49. The zero-order valence-corrected chi connectivity index (χ0v) is 13.1. The fraction of sp³-hybridized carbons (Fsp3) is 0.500. The molecule has 2 saturated heterocycles. The molecule has 2 heterocycles. The molecule has 0 aliphatic carbocycles. The van der Waals surface area contributed by atoms with Crippen molar-refractivity contribution in [3.05, 3.63) is 29.8 Å². The van der Waals surface area contributed by atoms with Gasteiger partial charge >= 0.3 is 0 Å². The van der Waals surface area contributed by atoms with Crippen molar-refractivity contribution < 1.29 is 19.5 Å². The van der Waals surface area contributed by atoms with Crippen LogP contribution in [0.5, 0.6) is 5.75 Å². The first kappa shape index (κ1) is 15.0. The highest BCUT2D eigenvalue weighted by Gasteiger charge is 2.60. The minimum absolute atomic E-state index is 0.160. The topological polar surface area (TPSA) is 70.1 Å². The van der Waals surface area contributed by atoms with E-state index in [1.165, 1.54) is 7.05 Å². The van der Waals surface area contributed by atoms with Gasteiger partial charge in [0.1, 0.15) is 5.75 Å². The number of hydroxylamine groups is 2. The standard InChI is InChI=1S/C16H20N2O4/c1-16(2,3)18-12(9-5-7-10(19)8-6-9)11-13(22-18)15(21)17(4)14(11)20/h5-8,11-13,19H,1-4H3. The van der Waals surface area contributed by atoms with E-state index in [1.54, 1.807) is 29.3 Å². The lowest BCUT2D eigenvalue weighted by Crippen LogP contribution is -2.43. The third-order valence-electron chi connectivity index (χ3n) is 4.23. The molecule has 0 bridgehead atoms. The fourth-order valence-electron chi connectivity index (χ4n) is 3.14. The molecule has 0 saturated carbocycles. The number of phenols is 1. The lowest BCUT2D eigenvalue weighted by Gasteiger charge is -2.36. The van der Waals surface area contributed by atoms with Crippen molar-refractivity contribution >= 4 is 11.8 Å². The molecule has 3 atom stereocenters. The quantitative estimate of drug-likeness (QED) is 0.796. The van der Waals surface area contributed by atoms with Gasteiger partial charge in [-0.3, -0.25) is 19.3 Å². The summed E-state index contributed by atoms with van der Waals surface area (Å²) in [6.45, 7) is 5.92. The summed E-state index contributed by atoms with van der Waals surface area (Å²) in [5, 5.41) is 11.2. The van der Waals surface area contributed by atoms with E-state index in [0.29, 0.717) is 0 Å². The Balaban J connectivity index is 2.07. The molecular formula is C16H20N2O4. The average Bonchev–Trinajstić information content (AvgIpc) is 2.93. The monoisotopic (exact) mass is 304 g/mol. The summed E-state index contributed by atoms with van der Waals surface area (Å²) in [6, 6.07) is 6.33. The molecule has 0 spiro atoms. The van der Waals surface area contributed by atoms with Crippen LogP contribution in [0.4, 0.5) is 0 Å². The van der Waals surface area contributed by atoms with Crippen LogP contribution in [0.25, 0.3) is 0 Å². The summed E-state index contributed by atoms with van der Waals surface area (Å²) < 4.78 is 0. The minimum atomic E-state index is -0.768. The van der Waals surface area contributed by atoms with Gasteiger partial charge in [0, 0.05) is 12.6 Å². The molecule has 3 rings (SSSR count). The van der Waals surface area contributed by atoms with Crippen molar-refractivity contribution in [2.75, 3.05) is 7.05 Å². The maximum atomic E-state index is 12.5. The highest BCUT2D eigenvalue weighted by Crippen LogP contribution is 2.47. The van der Waals surface area contributed by atoms with Crippen molar-refractivity contribution in [1.82, 2.24) is 9.96 Å². The summed E-state index contributed by atoms with van der Waals surface area (Å²) in [5.41, 5.74) is 0.475. The largest absolute Gasteiger partial charge is 0.508 e. The second-order valence-corrected chi connectivity index (χ2v) is 6.82. The smallest absolute Gasteiger partial charge is 0.261 e. The van der Waals surface area contributed by atoms with Crippen LogP contribution in [0.15, 0.2) is 24.3 Å². The van der Waals surface area contributed by atoms with Crippen molar-refractivity contribution in [3.63, 3.8) is 0 Å². The van der Waals surface area contributed by atoms with Crippen LogP contribution in [-0.2, 0) is 14.4 Å². The van der Waals surface area contributed by atoms with Gasteiger partial charge in [-0.25, -0.2) is 0 Å². The van der Waals surface area contributed by atoms with Gasteiger partial charge in [0.15, 0.2) is 6.10 Å². The number of fused-ring (bicyclic) bond motifs is 1. The number of hydrogen-bond acceptors (Lipinski definition) is 5. The Morgan fingerprint density at radius 3 is 2.23 bits per heavy atom. The van der Waals surface area contributed by atoms with E-state index in [9.17, 15) is 14.7 Å². The number of nitrogens with zero attached hydrogens (tertiary/aromatic N) is 2. The molecule has 1 aromatic carbocycles. The van der Waals surface area contributed by atoms with Gasteiger partial charge in [0.05, 0.1) is 12.0 Å². The number of hydrogen-bond donors (Lipinski definition) is 1.